The van der Waals surface area contributed by atoms with Crippen molar-refractivity contribution in [1.29, 1.82) is 0 Å². The van der Waals surface area contributed by atoms with Crippen molar-refractivity contribution in [2.45, 2.75) is 39.2 Å². The minimum absolute atomic E-state index is 0.00793. The van der Waals surface area contributed by atoms with E-state index >= 15 is 0 Å². The molecule has 1 aromatic carbocycles. The third-order valence-electron chi connectivity index (χ3n) is 5.46. The molecule has 0 radical (unpaired) electrons. The first kappa shape index (κ1) is 19.6. The number of fused-ring (bicyclic) bond motifs is 1. The number of likely N-dealkylation sites (tertiary alicyclic amines) is 1. The lowest BCUT2D eigenvalue weighted by atomic mass is 9.81. The van der Waals surface area contributed by atoms with Crippen molar-refractivity contribution in [3.8, 4) is 0 Å². The van der Waals surface area contributed by atoms with Crippen LogP contribution in [0.25, 0.3) is 0 Å². The fourth-order valence-corrected chi connectivity index (χ4v) is 4.62. The van der Waals surface area contributed by atoms with Gasteiger partial charge in [-0.25, -0.2) is 4.98 Å². The molecule has 2 fully saturated rings. The van der Waals surface area contributed by atoms with E-state index in [1.54, 1.807) is 0 Å². The molecule has 1 saturated heterocycles. The SMILES string of the molecule is Cc1ccc(Nc2nc(COC(=O)CN3C(=O)[C@H]4CCCC[C@@H]4C3=O)cs2)cc1. The van der Waals surface area contributed by atoms with Gasteiger partial charge in [0.05, 0.1) is 17.5 Å². The maximum atomic E-state index is 12.4. The van der Waals surface area contributed by atoms with Gasteiger partial charge in [-0.2, -0.15) is 0 Å². The summed E-state index contributed by atoms with van der Waals surface area (Å²) in [5.41, 5.74) is 2.73. The van der Waals surface area contributed by atoms with Crippen LogP contribution in [0, 0.1) is 18.8 Å². The van der Waals surface area contributed by atoms with Gasteiger partial charge in [-0.15, -0.1) is 11.3 Å². The molecule has 2 amide bonds. The first-order valence-electron chi connectivity index (χ1n) is 9.80. The van der Waals surface area contributed by atoms with Gasteiger partial charge in [0.1, 0.15) is 13.2 Å². The number of amides is 2. The number of hydrogen-bond acceptors (Lipinski definition) is 7. The topological polar surface area (TPSA) is 88.6 Å². The Bertz CT molecular complexity index is 900. The Balaban J connectivity index is 1.29. The van der Waals surface area contributed by atoms with Crippen LogP contribution < -0.4 is 5.32 Å². The van der Waals surface area contributed by atoms with Crippen LogP contribution in [0.2, 0.25) is 0 Å². The number of nitrogens with zero attached hydrogens (tertiary/aromatic N) is 2. The van der Waals surface area contributed by atoms with E-state index in [4.69, 9.17) is 4.74 Å². The Kier molecular flexibility index (Phi) is 5.62. The van der Waals surface area contributed by atoms with Gasteiger partial charge in [0.25, 0.3) is 0 Å². The second-order valence-corrected chi connectivity index (χ2v) is 8.41. The molecule has 1 N–H and O–H groups in total. The number of rotatable bonds is 6. The van der Waals surface area contributed by atoms with E-state index in [9.17, 15) is 14.4 Å². The molecule has 0 unspecified atom stereocenters. The lowest BCUT2D eigenvalue weighted by Gasteiger charge is -2.19. The first-order chi connectivity index (χ1) is 14.0. The summed E-state index contributed by atoms with van der Waals surface area (Å²) in [6.07, 6.45) is 3.38. The van der Waals surface area contributed by atoms with Crippen LogP contribution in [0.1, 0.15) is 36.9 Å². The van der Waals surface area contributed by atoms with Gasteiger partial charge < -0.3 is 10.1 Å². The van der Waals surface area contributed by atoms with Crippen molar-refractivity contribution >= 4 is 39.9 Å². The molecule has 7 nitrogen and oxygen atoms in total. The number of imide groups is 1. The van der Waals surface area contributed by atoms with Crippen LogP contribution in [-0.2, 0) is 25.7 Å². The third-order valence-corrected chi connectivity index (χ3v) is 6.26. The lowest BCUT2D eigenvalue weighted by molar-refractivity contribution is -0.153. The fourth-order valence-electron chi connectivity index (χ4n) is 3.91. The smallest absolute Gasteiger partial charge is 0.326 e. The largest absolute Gasteiger partial charge is 0.458 e. The predicted octanol–water partition coefficient (Wildman–Crippen LogP) is 3.41. The summed E-state index contributed by atoms with van der Waals surface area (Å²) in [5, 5.41) is 5.72. The van der Waals surface area contributed by atoms with E-state index in [0.29, 0.717) is 10.8 Å². The number of esters is 1. The van der Waals surface area contributed by atoms with E-state index in [1.807, 2.05) is 36.6 Å². The molecule has 1 aliphatic heterocycles. The van der Waals surface area contributed by atoms with Crippen molar-refractivity contribution in [1.82, 2.24) is 9.88 Å². The summed E-state index contributed by atoms with van der Waals surface area (Å²) < 4.78 is 5.25. The zero-order chi connectivity index (χ0) is 20.4. The number of hydrogen-bond donors (Lipinski definition) is 1. The van der Waals surface area contributed by atoms with Gasteiger partial charge in [0.15, 0.2) is 5.13 Å². The number of aryl methyl sites for hydroxylation is 1. The summed E-state index contributed by atoms with van der Waals surface area (Å²) in [6, 6.07) is 7.96. The third kappa shape index (κ3) is 4.32. The monoisotopic (exact) mass is 413 g/mol. The first-order valence-corrected chi connectivity index (χ1v) is 10.7. The van der Waals surface area contributed by atoms with E-state index in [1.165, 1.54) is 16.9 Å². The standard InChI is InChI=1S/C21H23N3O4S/c1-13-6-8-14(9-7-13)22-21-23-15(12-29-21)11-28-18(25)10-24-19(26)16-4-2-3-5-17(16)20(24)27/h6-9,12,16-17H,2-5,10-11H2,1H3,(H,22,23)/t16-,17-/m0/s1. The molecule has 1 aromatic heterocycles. The average molecular weight is 413 g/mol. The van der Waals surface area contributed by atoms with E-state index in [2.05, 4.69) is 10.3 Å². The van der Waals surface area contributed by atoms with Crippen molar-refractivity contribution in [3.63, 3.8) is 0 Å². The van der Waals surface area contributed by atoms with Gasteiger partial charge in [-0.05, 0) is 31.9 Å². The van der Waals surface area contributed by atoms with Crippen LogP contribution in [0.5, 0.6) is 0 Å². The Morgan fingerprint density at radius 3 is 2.48 bits per heavy atom. The number of benzene rings is 1. The van der Waals surface area contributed by atoms with Gasteiger partial charge in [0.2, 0.25) is 11.8 Å². The molecule has 2 heterocycles. The molecule has 29 heavy (non-hydrogen) atoms. The van der Waals surface area contributed by atoms with E-state index in [0.717, 1.165) is 36.3 Å². The molecule has 0 spiro atoms. The molecule has 2 aliphatic rings. The predicted molar refractivity (Wildman–Crippen MR) is 109 cm³/mol. The second-order valence-electron chi connectivity index (χ2n) is 7.56. The Labute approximate surface area is 173 Å². The summed E-state index contributed by atoms with van der Waals surface area (Å²) in [6.45, 7) is 1.72. The molecule has 4 rings (SSSR count). The summed E-state index contributed by atoms with van der Waals surface area (Å²) in [7, 11) is 0. The maximum Gasteiger partial charge on any atom is 0.326 e. The molecular formula is C21H23N3O4S. The Morgan fingerprint density at radius 1 is 1.17 bits per heavy atom. The number of anilines is 2. The molecule has 0 bridgehead atoms. The molecular weight excluding hydrogens is 390 g/mol. The molecule has 8 heteroatoms. The zero-order valence-electron chi connectivity index (χ0n) is 16.2. The van der Waals surface area contributed by atoms with Gasteiger partial charge in [-0.3, -0.25) is 19.3 Å². The lowest BCUT2D eigenvalue weighted by Crippen LogP contribution is -2.36. The minimum atomic E-state index is -0.591. The Morgan fingerprint density at radius 2 is 1.83 bits per heavy atom. The Hall–Kier alpha value is -2.74. The van der Waals surface area contributed by atoms with Crippen molar-refractivity contribution in [3.05, 3.63) is 40.9 Å². The highest BCUT2D eigenvalue weighted by molar-refractivity contribution is 7.13. The summed E-state index contributed by atoms with van der Waals surface area (Å²) in [5.74, 6) is -1.55. The quantitative estimate of drug-likeness (QED) is 0.577. The number of aromatic nitrogens is 1. The number of nitrogens with one attached hydrogen (secondary N) is 1. The van der Waals surface area contributed by atoms with Crippen LogP contribution in [-0.4, -0.2) is 34.2 Å². The van der Waals surface area contributed by atoms with Gasteiger partial charge in [-0.1, -0.05) is 30.5 Å². The van der Waals surface area contributed by atoms with Crippen LogP contribution in [0.15, 0.2) is 29.6 Å². The summed E-state index contributed by atoms with van der Waals surface area (Å²) in [4.78, 5) is 42.5. The van der Waals surface area contributed by atoms with Crippen molar-refractivity contribution in [2.75, 3.05) is 11.9 Å². The maximum absolute atomic E-state index is 12.4. The second kappa shape index (κ2) is 8.32. The number of carbonyl (C=O) groups excluding carboxylic acids is 3. The summed E-state index contributed by atoms with van der Waals surface area (Å²) >= 11 is 1.42. The molecule has 1 saturated carbocycles. The van der Waals surface area contributed by atoms with E-state index < -0.39 is 5.97 Å². The van der Waals surface area contributed by atoms with Crippen molar-refractivity contribution < 1.29 is 19.1 Å². The van der Waals surface area contributed by atoms with Crippen LogP contribution in [0.4, 0.5) is 10.8 Å². The van der Waals surface area contributed by atoms with Crippen molar-refractivity contribution in [2.24, 2.45) is 11.8 Å². The highest BCUT2D eigenvalue weighted by Crippen LogP contribution is 2.37. The molecule has 152 valence electrons. The number of ether oxygens (including phenoxy) is 1. The molecule has 1 aliphatic carbocycles. The minimum Gasteiger partial charge on any atom is -0.458 e. The van der Waals surface area contributed by atoms with E-state index in [-0.39, 0.29) is 36.8 Å². The average Bonchev–Trinajstić information content (AvgIpc) is 3.27. The van der Waals surface area contributed by atoms with Crippen LogP contribution >= 0.6 is 11.3 Å². The number of carbonyl (C=O) groups is 3. The highest BCUT2D eigenvalue weighted by Gasteiger charge is 2.48. The number of thiazole rings is 1. The zero-order valence-corrected chi connectivity index (χ0v) is 17.0. The molecule has 2 aromatic rings. The van der Waals surface area contributed by atoms with Gasteiger partial charge >= 0.3 is 5.97 Å². The van der Waals surface area contributed by atoms with Crippen LogP contribution in [0.3, 0.4) is 0 Å². The normalized spacial score (nSPS) is 21.2. The fraction of sp³-hybridized carbons (Fsp3) is 0.429. The highest BCUT2D eigenvalue weighted by atomic mass is 32.1. The van der Waals surface area contributed by atoms with Gasteiger partial charge in [0, 0.05) is 11.1 Å². The molecule has 2 atom stereocenters.